The van der Waals surface area contributed by atoms with Crippen molar-refractivity contribution in [3.05, 3.63) is 40.5 Å². The summed E-state index contributed by atoms with van der Waals surface area (Å²) in [6, 6.07) is 6.84. The fourth-order valence-corrected chi connectivity index (χ4v) is 3.25. The second kappa shape index (κ2) is 7.05. The number of benzene rings is 1. The quantitative estimate of drug-likeness (QED) is 0.618. The molecule has 1 aromatic carbocycles. The predicted octanol–water partition coefficient (Wildman–Crippen LogP) is 1.68. The van der Waals surface area contributed by atoms with E-state index in [1.165, 1.54) is 5.51 Å². The third-order valence-corrected chi connectivity index (χ3v) is 5.02. The molecule has 22 heavy (non-hydrogen) atoms. The number of halogens is 1. The molecule has 2 N–H and O–H groups in total. The van der Waals surface area contributed by atoms with Crippen LogP contribution in [-0.4, -0.2) is 32.6 Å². The van der Waals surface area contributed by atoms with E-state index >= 15 is 0 Å². The number of carbonyl (C=O) groups excluding carboxylic acids is 1. The van der Waals surface area contributed by atoms with Gasteiger partial charge in [0.2, 0.25) is 10.0 Å². The average molecular weight is 363 g/mol. The molecule has 2 rings (SSSR count). The van der Waals surface area contributed by atoms with Crippen LogP contribution in [0.4, 0.5) is 0 Å². The van der Waals surface area contributed by atoms with Gasteiger partial charge in [-0.2, -0.15) is 0 Å². The summed E-state index contributed by atoms with van der Waals surface area (Å²) in [7, 11) is -4.01. The Bertz CT molecular complexity index is 775. The van der Waals surface area contributed by atoms with Crippen molar-refractivity contribution in [2.24, 2.45) is 5.14 Å². The Morgan fingerprint density at radius 1 is 1.32 bits per heavy atom. The smallest absolute Gasteiger partial charge is 0.359 e. The first-order valence-corrected chi connectivity index (χ1v) is 8.70. The molecule has 10 heteroatoms. The van der Waals surface area contributed by atoms with Gasteiger partial charge in [-0.3, -0.25) is 0 Å². The van der Waals surface area contributed by atoms with E-state index in [0.717, 1.165) is 11.3 Å². The number of rotatable bonds is 6. The number of primary sulfonamides is 1. The molecule has 1 heterocycles. The van der Waals surface area contributed by atoms with Gasteiger partial charge in [-0.1, -0.05) is 23.7 Å². The van der Waals surface area contributed by atoms with Crippen LogP contribution in [0.5, 0.6) is 5.75 Å². The number of para-hydroxylation sites is 1. The minimum Gasteiger partial charge on any atom is -0.488 e. The first kappa shape index (κ1) is 16.7. The zero-order valence-electron chi connectivity index (χ0n) is 11.1. The predicted molar refractivity (Wildman–Crippen MR) is 80.7 cm³/mol. The van der Waals surface area contributed by atoms with Crippen molar-refractivity contribution in [1.82, 2.24) is 4.98 Å². The number of esters is 1. The SMILES string of the molecule is NS(=O)(=O)c1scnc1C(=O)OCCOc1ccccc1Cl. The number of hydrogen-bond acceptors (Lipinski definition) is 7. The van der Waals surface area contributed by atoms with E-state index in [1.807, 2.05) is 0 Å². The first-order chi connectivity index (χ1) is 10.4. The number of thiazole rings is 1. The molecule has 0 fully saturated rings. The van der Waals surface area contributed by atoms with E-state index in [0.29, 0.717) is 10.8 Å². The molecule has 0 spiro atoms. The van der Waals surface area contributed by atoms with Crippen molar-refractivity contribution in [3.8, 4) is 5.75 Å². The molecule has 1 aromatic heterocycles. The van der Waals surface area contributed by atoms with Crippen LogP contribution in [0, 0.1) is 0 Å². The van der Waals surface area contributed by atoms with Crippen molar-refractivity contribution in [2.45, 2.75) is 4.21 Å². The van der Waals surface area contributed by atoms with Crippen LogP contribution in [0.2, 0.25) is 5.02 Å². The molecule has 0 aliphatic heterocycles. The van der Waals surface area contributed by atoms with Gasteiger partial charge in [0.15, 0.2) is 9.90 Å². The van der Waals surface area contributed by atoms with E-state index in [-0.39, 0.29) is 23.1 Å². The average Bonchev–Trinajstić information content (AvgIpc) is 2.94. The molecule has 0 bridgehead atoms. The molecule has 118 valence electrons. The zero-order valence-corrected chi connectivity index (χ0v) is 13.5. The molecule has 0 saturated heterocycles. The normalized spacial score (nSPS) is 11.2. The van der Waals surface area contributed by atoms with Gasteiger partial charge in [-0.25, -0.2) is 23.3 Å². The highest BCUT2D eigenvalue weighted by Crippen LogP contribution is 2.23. The second-order valence-electron chi connectivity index (χ2n) is 3.95. The lowest BCUT2D eigenvalue weighted by Crippen LogP contribution is -2.18. The maximum atomic E-state index is 11.8. The number of nitrogens with zero attached hydrogens (tertiary/aromatic N) is 1. The molecule has 0 amide bonds. The van der Waals surface area contributed by atoms with Crippen molar-refractivity contribution in [2.75, 3.05) is 13.2 Å². The van der Waals surface area contributed by atoms with Crippen molar-refractivity contribution < 1.29 is 22.7 Å². The lowest BCUT2D eigenvalue weighted by Gasteiger charge is -2.08. The Morgan fingerprint density at radius 2 is 2.05 bits per heavy atom. The molecule has 7 nitrogen and oxygen atoms in total. The van der Waals surface area contributed by atoms with Gasteiger partial charge in [-0.05, 0) is 12.1 Å². The minimum atomic E-state index is -4.01. The van der Waals surface area contributed by atoms with Crippen LogP contribution in [0.3, 0.4) is 0 Å². The van der Waals surface area contributed by atoms with Gasteiger partial charge in [0.05, 0.1) is 10.5 Å². The standard InChI is InChI=1S/C12H11ClN2O5S2/c13-8-3-1-2-4-9(8)19-5-6-20-11(16)10-12(21-7-15-10)22(14,17)18/h1-4,7H,5-6H2,(H2,14,17,18). The van der Waals surface area contributed by atoms with Crippen LogP contribution in [0.25, 0.3) is 0 Å². The molecule has 0 radical (unpaired) electrons. The summed E-state index contributed by atoms with van der Waals surface area (Å²) in [5.41, 5.74) is 0.876. The number of nitrogens with two attached hydrogens (primary N) is 1. The Balaban J connectivity index is 1.89. The van der Waals surface area contributed by atoms with Crippen LogP contribution in [-0.2, 0) is 14.8 Å². The second-order valence-corrected chi connectivity index (χ2v) is 6.97. The summed E-state index contributed by atoms with van der Waals surface area (Å²) in [6.07, 6.45) is 0. The molecule has 0 atom stereocenters. The number of hydrogen-bond donors (Lipinski definition) is 1. The summed E-state index contributed by atoms with van der Waals surface area (Å²) >= 11 is 6.65. The molecular formula is C12H11ClN2O5S2. The summed E-state index contributed by atoms with van der Waals surface area (Å²) < 4.78 is 32.4. The highest BCUT2D eigenvalue weighted by Gasteiger charge is 2.24. The van der Waals surface area contributed by atoms with Crippen LogP contribution >= 0.6 is 22.9 Å². The van der Waals surface area contributed by atoms with Gasteiger partial charge >= 0.3 is 5.97 Å². The van der Waals surface area contributed by atoms with Crippen LogP contribution in [0.1, 0.15) is 10.5 Å². The van der Waals surface area contributed by atoms with E-state index in [4.69, 9.17) is 26.2 Å². The van der Waals surface area contributed by atoms with Gasteiger partial charge in [0.1, 0.15) is 19.0 Å². The molecule has 0 unspecified atom stereocenters. The minimum absolute atomic E-state index is 0.0598. The monoisotopic (exact) mass is 362 g/mol. The van der Waals surface area contributed by atoms with Crippen LogP contribution < -0.4 is 9.88 Å². The Hall–Kier alpha value is -1.68. The van der Waals surface area contributed by atoms with Gasteiger partial charge < -0.3 is 9.47 Å². The lowest BCUT2D eigenvalue weighted by molar-refractivity contribution is 0.0440. The summed E-state index contributed by atoms with van der Waals surface area (Å²) in [5.74, 6) is -0.424. The van der Waals surface area contributed by atoms with Gasteiger partial charge in [0.25, 0.3) is 0 Å². The number of carbonyl (C=O) groups is 1. The third kappa shape index (κ3) is 4.17. The maximum absolute atomic E-state index is 11.8. The molecule has 2 aromatic rings. The Kier molecular flexibility index (Phi) is 5.35. The topological polar surface area (TPSA) is 109 Å². The van der Waals surface area contributed by atoms with Crippen molar-refractivity contribution in [3.63, 3.8) is 0 Å². The molecule has 0 saturated carbocycles. The van der Waals surface area contributed by atoms with E-state index < -0.39 is 16.0 Å². The largest absolute Gasteiger partial charge is 0.488 e. The van der Waals surface area contributed by atoms with E-state index in [2.05, 4.69) is 4.98 Å². The lowest BCUT2D eigenvalue weighted by atomic mass is 10.3. The summed E-state index contributed by atoms with van der Waals surface area (Å²) in [5, 5.41) is 5.42. The first-order valence-electron chi connectivity index (χ1n) is 5.90. The maximum Gasteiger partial charge on any atom is 0.359 e. The number of sulfonamides is 1. The fourth-order valence-electron chi connectivity index (χ4n) is 1.49. The summed E-state index contributed by atoms with van der Waals surface area (Å²) in [6.45, 7) is -0.0318. The Morgan fingerprint density at radius 3 is 2.73 bits per heavy atom. The van der Waals surface area contributed by atoms with E-state index in [1.54, 1.807) is 24.3 Å². The van der Waals surface area contributed by atoms with E-state index in [9.17, 15) is 13.2 Å². The molecular weight excluding hydrogens is 352 g/mol. The van der Waals surface area contributed by atoms with Gasteiger partial charge in [0, 0.05) is 0 Å². The highest BCUT2D eigenvalue weighted by molar-refractivity contribution is 7.91. The number of ether oxygens (including phenoxy) is 2. The Labute approximate surface area is 135 Å². The van der Waals surface area contributed by atoms with Crippen molar-refractivity contribution in [1.29, 1.82) is 0 Å². The van der Waals surface area contributed by atoms with Gasteiger partial charge in [-0.15, -0.1) is 11.3 Å². The molecule has 0 aliphatic rings. The zero-order chi connectivity index (χ0) is 16.2. The highest BCUT2D eigenvalue weighted by atomic mass is 35.5. The summed E-state index contributed by atoms with van der Waals surface area (Å²) in [4.78, 5) is 15.4. The third-order valence-electron chi connectivity index (χ3n) is 2.40. The van der Waals surface area contributed by atoms with Crippen molar-refractivity contribution >= 4 is 38.9 Å². The molecule has 0 aliphatic carbocycles. The van der Waals surface area contributed by atoms with Crippen LogP contribution in [0.15, 0.2) is 34.0 Å². The number of aromatic nitrogens is 1. The fraction of sp³-hybridized carbons (Fsp3) is 0.167.